The van der Waals surface area contributed by atoms with Crippen LogP contribution < -0.4 is 9.80 Å². The van der Waals surface area contributed by atoms with Crippen LogP contribution in [0.15, 0.2) is 24.5 Å². The molecule has 4 rings (SSSR count). The molecule has 122 valence electrons. The number of anilines is 2. The average molecular weight is 312 g/mol. The van der Waals surface area contributed by atoms with Gasteiger partial charge in [-0.3, -0.25) is 0 Å². The van der Waals surface area contributed by atoms with Crippen LogP contribution in [0.4, 0.5) is 11.5 Å². The van der Waals surface area contributed by atoms with Gasteiger partial charge >= 0.3 is 0 Å². The molecule has 2 saturated heterocycles. The van der Waals surface area contributed by atoms with Crippen LogP contribution in [-0.4, -0.2) is 49.4 Å². The first-order valence-electron chi connectivity index (χ1n) is 8.63. The standard InChI is InChI=1S/C18H24N4O/c1-14-3-2-6-22(12-14)18-16-5-4-15(11-17(16)19-13-20-18)21-7-9-23-10-8-21/h4-5,11,13-14H,2-3,6-10,12H2,1H3/t14-/m1/s1. The van der Waals surface area contributed by atoms with Crippen molar-refractivity contribution >= 4 is 22.4 Å². The molecular weight excluding hydrogens is 288 g/mol. The van der Waals surface area contributed by atoms with Crippen molar-refractivity contribution in [2.75, 3.05) is 49.2 Å². The summed E-state index contributed by atoms with van der Waals surface area (Å²) in [6.07, 6.45) is 4.28. The highest BCUT2D eigenvalue weighted by atomic mass is 16.5. The van der Waals surface area contributed by atoms with Gasteiger partial charge in [-0.15, -0.1) is 0 Å². The maximum Gasteiger partial charge on any atom is 0.139 e. The minimum Gasteiger partial charge on any atom is -0.378 e. The molecule has 0 bridgehead atoms. The lowest BCUT2D eigenvalue weighted by molar-refractivity contribution is 0.122. The van der Waals surface area contributed by atoms with Crippen LogP contribution in [0.2, 0.25) is 0 Å². The molecule has 2 aliphatic rings. The Bertz CT molecular complexity index is 684. The second kappa shape index (κ2) is 6.32. The Balaban J connectivity index is 1.67. The predicted octanol–water partition coefficient (Wildman–Crippen LogP) is 2.70. The van der Waals surface area contributed by atoms with Crippen molar-refractivity contribution in [3.63, 3.8) is 0 Å². The molecule has 1 aromatic heterocycles. The average Bonchev–Trinajstić information content (AvgIpc) is 2.61. The molecule has 1 aromatic carbocycles. The van der Waals surface area contributed by atoms with Gasteiger partial charge in [-0.2, -0.15) is 0 Å². The normalized spacial score (nSPS) is 22.6. The Morgan fingerprint density at radius 2 is 1.96 bits per heavy atom. The summed E-state index contributed by atoms with van der Waals surface area (Å²) in [5.41, 5.74) is 2.27. The fourth-order valence-corrected chi connectivity index (χ4v) is 3.68. The third-order valence-corrected chi connectivity index (χ3v) is 4.93. The maximum atomic E-state index is 5.44. The summed E-state index contributed by atoms with van der Waals surface area (Å²) >= 11 is 0. The molecule has 0 N–H and O–H groups in total. The van der Waals surface area contributed by atoms with Gasteiger partial charge in [0.25, 0.3) is 0 Å². The van der Waals surface area contributed by atoms with Crippen LogP contribution >= 0.6 is 0 Å². The van der Waals surface area contributed by atoms with Crippen molar-refractivity contribution in [1.29, 1.82) is 0 Å². The van der Waals surface area contributed by atoms with Gasteiger partial charge in [-0.05, 0) is 37.0 Å². The Hall–Kier alpha value is -1.88. The number of morpholine rings is 1. The molecule has 2 fully saturated rings. The van der Waals surface area contributed by atoms with Crippen LogP contribution in [0, 0.1) is 5.92 Å². The number of piperidine rings is 1. The summed E-state index contributed by atoms with van der Waals surface area (Å²) in [6.45, 7) is 8.03. The number of benzene rings is 1. The summed E-state index contributed by atoms with van der Waals surface area (Å²) < 4.78 is 5.44. The highest BCUT2D eigenvalue weighted by molar-refractivity contribution is 5.91. The fourth-order valence-electron chi connectivity index (χ4n) is 3.68. The van der Waals surface area contributed by atoms with E-state index in [1.807, 2.05) is 0 Å². The molecule has 0 radical (unpaired) electrons. The highest BCUT2D eigenvalue weighted by Crippen LogP contribution is 2.29. The van der Waals surface area contributed by atoms with Crippen LogP contribution in [0.1, 0.15) is 19.8 Å². The number of fused-ring (bicyclic) bond motifs is 1. The zero-order valence-electron chi connectivity index (χ0n) is 13.7. The monoisotopic (exact) mass is 312 g/mol. The van der Waals surface area contributed by atoms with Crippen LogP contribution in [0.5, 0.6) is 0 Å². The van der Waals surface area contributed by atoms with E-state index in [4.69, 9.17) is 4.74 Å². The maximum absolute atomic E-state index is 5.44. The van der Waals surface area contributed by atoms with Crippen molar-refractivity contribution in [2.24, 2.45) is 5.92 Å². The molecule has 5 nitrogen and oxygen atoms in total. The van der Waals surface area contributed by atoms with Crippen molar-refractivity contribution < 1.29 is 4.74 Å². The van der Waals surface area contributed by atoms with Crippen molar-refractivity contribution in [2.45, 2.75) is 19.8 Å². The number of aromatic nitrogens is 2. The second-order valence-corrected chi connectivity index (χ2v) is 6.69. The van der Waals surface area contributed by atoms with Crippen LogP contribution in [0.25, 0.3) is 10.9 Å². The summed E-state index contributed by atoms with van der Waals surface area (Å²) in [4.78, 5) is 13.9. The van der Waals surface area contributed by atoms with Gasteiger partial charge in [0.15, 0.2) is 0 Å². The molecule has 0 saturated carbocycles. The quantitative estimate of drug-likeness (QED) is 0.853. The molecule has 2 aromatic rings. The third-order valence-electron chi connectivity index (χ3n) is 4.93. The SMILES string of the molecule is C[C@@H]1CCCN(c2ncnc3cc(N4CCOCC4)ccc23)C1. The zero-order valence-corrected chi connectivity index (χ0v) is 13.7. The lowest BCUT2D eigenvalue weighted by Crippen LogP contribution is -2.36. The largest absolute Gasteiger partial charge is 0.378 e. The minimum absolute atomic E-state index is 0.737. The van der Waals surface area contributed by atoms with Gasteiger partial charge in [0.2, 0.25) is 0 Å². The van der Waals surface area contributed by atoms with Crippen LogP contribution in [-0.2, 0) is 4.74 Å². The van der Waals surface area contributed by atoms with E-state index in [1.54, 1.807) is 6.33 Å². The number of hydrogen-bond donors (Lipinski definition) is 0. The Morgan fingerprint density at radius 1 is 1.09 bits per heavy atom. The first kappa shape index (κ1) is 14.7. The van der Waals surface area contributed by atoms with Gasteiger partial charge in [0.1, 0.15) is 12.1 Å². The van der Waals surface area contributed by atoms with Gasteiger partial charge in [-0.25, -0.2) is 9.97 Å². The fraction of sp³-hybridized carbons (Fsp3) is 0.556. The number of rotatable bonds is 2. The predicted molar refractivity (Wildman–Crippen MR) is 93.2 cm³/mol. The first-order chi connectivity index (χ1) is 11.3. The topological polar surface area (TPSA) is 41.5 Å². The van der Waals surface area contributed by atoms with Gasteiger partial charge in [-0.1, -0.05) is 6.92 Å². The lowest BCUT2D eigenvalue weighted by atomic mass is 10.00. The highest BCUT2D eigenvalue weighted by Gasteiger charge is 2.20. The molecule has 5 heteroatoms. The molecule has 0 aliphatic carbocycles. The molecule has 3 heterocycles. The Kier molecular flexibility index (Phi) is 4.04. The Morgan fingerprint density at radius 3 is 2.78 bits per heavy atom. The summed E-state index contributed by atoms with van der Waals surface area (Å²) in [6, 6.07) is 6.59. The van der Waals surface area contributed by atoms with Crippen molar-refractivity contribution in [3.05, 3.63) is 24.5 Å². The lowest BCUT2D eigenvalue weighted by Gasteiger charge is -2.32. The summed E-state index contributed by atoms with van der Waals surface area (Å²) in [5, 5.41) is 1.17. The van der Waals surface area contributed by atoms with E-state index in [2.05, 4.69) is 44.9 Å². The van der Waals surface area contributed by atoms with Crippen molar-refractivity contribution in [3.8, 4) is 0 Å². The molecule has 2 aliphatic heterocycles. The van der Waals surface area contributed by atoms with E-state index in [0.717, 1.165) is 56.6 Å². The van der Waals surface area contributed by atoms with Gasteiger partial charge < -0.3 is 14.5 Å². The van der Waals surface area contributed by atoms with Gasteiger partial charge in [0, 0.05) is 37.3 Å². The molecule has 23 heavy (non-hydrogen) atoms. The zero-order chi connectivity index (χ0) is 15.6. The van der Waals surface area contributed by atoms with E-state index in [-0.39, 0.29) is 0 Å². The third kappa shape index (κ3) is 2.98. The number of nitrogens with zero attached hydrogens (tertiary/aromatic N) is 4. The summed E-state index contributed by atoms with van der Waals surface area (Å²) in [5.74, 6) is 1.83. The minimum atomic E-state index is 0.737. The van der Waals surface area contributed by atoms with Gasteiger partial charge in [0.05, 0.1) is 18.7 Å². The van der Waals surface area contributed by atoms with E-state index >= 15 is 0 Å². The van der Waals surface area contributed by atoms with E-state index in [0.29, 0.717) is 0 Å². The van der Waals surface area contributed by atoms with E-state index in [1.165, 1.54) is 23.9 Å². The molecular formula is C18H24N4O. The first-order valence-corrected chi connectivity index (χ1v) is 8.63. The number of hydrogen-bond acceptors (Lipinski definition) is 5. The molecule has 1 atom stereocenters. The van der Waals surface area contributed by atoms with E-state index < -0.39 is 0 Å². The summed E-state index contributed by atoms with van der Waals surface area (Å²) in [7, 11) is 0. The van der Waals surface area contributed by atoms with Crippen LogP contribution in [0.3, 0.4) is 0 Å². The smallest absolute Gasteiger partial charge is 0.139 e. The molecule has 0 unspecified atom stereocenters. The number of ether oxygens (including phenoxy) is 1. The van der Waals surface area contributed by atoms with E-state index in [9.17, 15) is 0 Å². The molecule has 0 spiro atoms. The molecule has 0 amide bonds. The Labute approximate surface area is 137 Å². The van der Waals surface area contributed by atoms with Crippen molar-refractivity contribution in [1.82, 2.24) is 9.97 Å². The second-order valence-electron chi connectivity index (χ2n) is 6.69.